The number of carbonyl (C=O) groups is 1. The van der Waals surface area contributed by atoms with Gasteiger partial charge in [-0.3, -0.25) is 0 Å². The summed E-state index contributed by atoms with van der Waals surface area (Å²) in [7, 11) is 1.26. The molecule has 0 fully saturated rings. The first kappa shape index (κ1) is 16.0. The van der Waals surface area contributed by atoms with E-state index in [2.05, 4.69) is 14.8 Å². The van der Waals surface area contributed by atoms with E-state index in [9.17, 15) is 18.0 Å². The Hall–Kier alpha value is -2.38. The highest BCUT2D eigenvalue weighted by atomic mass is 19.4. The summed E-state index contributed by atoms with van der Waals surface area (Å²) in [6.45, 7) is 1.93. The van der Waals surface area contributed by atoms with Crippen LogP contribution in [-0.4, -0.2) is 27.8 Å². The van der Waals surface area contributed by atoms with Gasteiger partial charge in [-0.1, -0.05) is 13.3 Å². The summed E-state index contributed by atoms with van der Waals surface area (Å²) in [4.78, 5) is 15.4. The summed E-state index contributed by atoms with van der Waals surface area (Å²) in [6.07, 6.45) is -0.986. The van der Waals surface area contributed by atoms with Crippen LogP contribution in [-0.2, 0) is 17.3 Å². The van der Waals surface area contributed by atoms with Gasteiger partial charge in [0.15, 0.2) is 5.82 Å². The quantitative estimate of drug-likeness (QED) is 0.814. The number of esters is 1. The third-order valence-corrected chi connectivity index (χ3v) is 2.99. The van der Waals surface area contributed by atoms with Crippen molar-refractivity contribution in [3.63, 3.8) is 0 Å². The fourth-order valence-corrected chi connectivity index (χ4v) is 1.92. The van der Waals surface area contributed by atoms with E-state index in [0.717, 1.165) is 18.7 Å². The molecule has 0 aliphatic rings. The van der Waals surface area contributed by atoms with Crippen molar-refractivity contribution < 1.29 is 22.7 Å². The molecule has 0 spiro atoms. The third-order valence-electron chi connectivity index (χ3n) is 2.99. The highest BCUT2D eigenvalue weighted by molar-refractivity contribution is 5.90. The van der Waals surface area contributed by atoms with Crippen molar-refractivity contribution >= 4 is 5.97 Å². The lowest BCUT2D eigenvalue weighted by Gasteiger charge is -2.06. The number of hydrogen-bond acceptors (Lipinski definition) is 4. The second-order valence-electron chi connectivity index (χ2n) is 4.58. The van der Waals surface area contributed by atoms with Crippen LogP contribution in [0.3, 0.4) is 0 Å². The van der Waals surface area contributed by atoms with Crippen molar-refractivity contribution in [2.24, 2.45) is 0 Å². The van der Waals surface area contributed by atoms with E-state index in [1.54, 1.807) is 0 Å². The monoisotopic (exact) mass is 313 g/mol. The number of carbonyl (C=O) groups excluding carboxylic acids is 1. The maximum atomic E-state index is 12.5. The first-order chi connectivity index (χ1) is 10.4. The van der Waals surface area contributed by atoms with Crippen LogP contribution in [0.25, 0.3) is 5.82 Å². The fraction of sp³-hybridized carbons (Fsp3) is 0.357. The van der Waals surface area contributed by atoms with Crippen molar-refractivity contribution in [1.29, 1.82) is 0 Å². The number of aryl methyl sites for hydroxylation is 1. The Morgan fingerprint density at radius 2 is 2.09 bits per heavy atom. The summed E-state index contributed by atoms with van der Waals surface area (Å²) in [5, 5.41) is 4.20. The van der Waals surface area contributed by atoms with Crippen LogP contribution in [0.5, 0.6) is 0 Å². The van der Waals surface area contributed by atoms with Crippen LogP contribution in [0, 0.1) is 0 Å². The second-order valence-corrected chi connectivity index (χ2v) is 4.58. The molecule has 0 aromatic carbocycles. The topological polar surface area (TPSA) is 57.0 Å². The zero-order valence-electron chi connectivity index (χ0n) is 12.0. The van der Waals surface area contributed by atoms with Gasteiger partial charge in [-0.05, 0) is 18.6 Å². The Morgan fingerprint density at radius 3 is 2.59 bits per heavy atom. The molecule has 118 valence electrons. The number of methoxy groups -OCH3 is 1. The average molecular weight is 313 g/mol. The standard InChI is InChI=1S/C14H14F3N3O2/c1-3-4-11-10(13(21)22-2)8-20(19-11)12-6-5-9(7-18-12)14(15,16)17/h5-8H,3-4H2,1-2H3. The number of ether oxygens (including phenoxy) is 1. The van der Waals surface area contributed by atoms with Crippen molar-refractivity contribution in [1.82, 2.24) is 14.8 Å². The second kappa shape index (κ2) is 6.17. The van der Waals surface area contributed by atoms with Gasteiger partial charge in [0, 0.05) is 12.4 Å². The highest BCUT2D eigenvalue weighted by Crippen LogP contribution is 2.28. The van der Waals surface area contributed by atoms with E-state index in [4.69, 9.17) is 0 Å². The minimum atomic E-state index is -4.44. The van der Waals surface area contributed by atoms with E-state index in [1.807, 2.05) is 6.92 Å². The Balaban J connectivity index is 2.38. The Bertz CT molecular complexity index is 663. The first-order valence-corrected chi connectivity index (χ1v) is 6.57. The van der Waals surface area contributed by atoms with E-state index in [1.165, 1.54) is 24.1 Å². The lowest BCUT2D eigenvalue weighted by Crippen LogP contribution is -2.07. The largest absolute Gasteiger partial charge is 0.465 e. The van der Waals surface area contributed by atoms with Gasteiger partial charge in [0.05, 0.1) is 18.4 Å². The smallest absolute Gasteiger partial charge is 0.417 e. The van der Waals surface area contributed by atoms with Crippen LogP contribution < -0.4 is 0 Å². The van der Waals surface area contributed by atoms with Crippen LogP contribution in [0.2, 0.25) is 0 Å². The van der Waals surface area contributed by atoms with Gasteiger partial charge in [-0.15, -0.1) is 0 Å². The van der Waals surface area contributed by atoms with Gasteiger partial charge in [0.25, 0.3) is 0 Å². The van der Waals surface area contributed by atoms with Crippen LogP contribution in [0.1, 0.15) is 35.0 Å². The molecule has 0 saturated heterocycles. The molecule has 8 heteroatoms. The van der Waals surface area contributed by atoms with E-state index < -0.39 is 17.7 Å². The van der Waals surface area contributed by atoms with Crippen molar-refractivity contribution in [3.05, 3.63) is 41.3 Å². The van der Waals surface area contributed by atoms with Gasteiger partial charge in [0.1, 0.15) is 5.56 Å². The van der Waals surface area contributed by atoms with Gasteiger partial charge in [-0.2, -0.15) is 18.3 Å². The van der Waals surface area contributed by atoms with Gasteiger partial charge < -0.3 is 4.74 Å². The minimum absolute atomic E-state index is 0.195. The number of pyridine rings is 1. The van der Waals surface area contributed by atoms with Crippen molar-refractivity contribution in [2.75, 3.05) is 7.11 Å². The number of rotatable bonds is 4. The predicted octanol–water partition coefficient (Wildman–Crippen LogP) is 3.03. The molecule has 0 atom stereocenters. The molecule has 0 N–H and O–H groups in total. The lowest BCUT2D eigenvalue weighted by molar-refractivity contribution is -0.137. The third kappa shape index (κ3) is 3.26. The maximum absolute atomic E-state index is 12.5. The molecular formula is C14H14F3N3O2. The average Bonchev–Trinajstić information content (AvgIpc) is 2.90. The number of nitrogens with zero attached hydrogens (tertiary/aromatic N) is 3. The lowest BCUT2D eigenvalue weighted by atomic mass is 10.2. The van der Waals surface area contributed by atoms with Gasteiger partial charge in [0.2, 0.25) is 0 Å². The molecule has 0 aliphatic carbocycles. The van der Waals surface area contributed by atoms with Gasteiger partial charge in [-0.25, -0.2) is 14.5 Å². The number of alkyl halides is 3. The van der Waals surface area contributed by atoms with E-state index >= 15 is 0 Å². The molecule has 0 unspecified atom stereocenters. The molecule has 0 radical (unpaired) electrons. The normalized spacial score (nSPS) is 11.5. The zero-order chi connectivity index (χ0) is 16.3. The number of hydrogen-bond donors (Lipinski definition) is 0. The Morgan fingerprint density at radius 1 is 1.36 bits per heavy atom. The van der Waals surface area contributed by atoms with E-state index in [-0.39, 0.29) is 11.4 Å². The first-order valence-electron chi connectivity index (χ1n) is 6.57. The summed E-state index contributed by atoms with van der Waals surface area (Å²) in [5.74, 6) is -0.345. The Kier molecular flexibility index (Phi) is 4.48. The Labute approximate surface area is 124 Å². The summed E-state index contributed by atoms with van der Waals surface area (Å²) in [5.41, 5.74) is -0.0347. The molecule has 0 aliphatic heterocycles. The zero-order valence-corrected chi connectivity index (χ0v) is 12.0. The van der Waals surface area contributed by atoms with Crippen LogP contribution >= 0.6 is 0 Å². The predicted molar refractivity (Wildman–Crippen MR) is 71.7 cm³/mol. The fourth-order valence-electron chi connectivity index (χ4n) is 1.92. The molecule has 2 aromatic heterocycles. The van der Waals surface area contributed by atoms with E-state index in [0.29, 0.717) is 12.1 Å². The van der Waals surface area contributed by atoms with Crippen molar-refractivity contribution in [2.45, 2.75) is 25.9 Å². The minimum Gasteiger partial charge on any atom is -0.465 e. The van der Waals surface area contributed by atoms with Crippen LogP contribution in [0.4, 0.5) is 13.2 Å². The molecule has 0 amide bonds. The van der Waals surface area contributed by atoms with Gasteiger partial charge >= 0.3 is 12.1 Å². The summed E-state index contributed by atoms with van der Waals surface area (Å²) < 4.78 is 43.5. The summed E-state index contributed by atoms with van der Waals surface area (Å²) in [6, 6.07) is 2.12. The molecule has 2 rings (SSSR count). The van der Waals surface area contributed by atoms with Crippen LogP contribution in [0.15, 0.2) is 24.5 Å². The molecule has 0 bridgehead atoms. The number of halogens is 3. The number of aromatic nitrogens is 3. The molecule has 22 heavy (non-hydrogen) atoms. The maximum Gasteiger partial charge on any atom is 0.417 e. The molecule has 2 heterocycles. The summed E-state index contributed by atoms with van der Waals surface area (Å²) >= 11 is 0. The highest BCUT2D eigenvalue weighted by Gasteiger charge is 2.30. The molecule has 0 saturated carbocycles. The SMILES string of the molecule is CCCc1nn(-c2ccc(C(F)(F)F)cn2)cc1C(=O)OC. The molecule has 5 nitrogen and oxygen atoms in total. The molecular weight excluding hydrogens is 299 g/mol. The van der Waals surface area contributed by atoms with Crippen molar-refractivity contribution in [3.8, 4) is 5.82 Å². The molecule has 2 aromatic rings.